The molecule has 4 N–H and O–H groups in total. The Morgan fingerprint density at radius 1 is 1.44 bits per heavy atom. The van der Waals surface area contributed by atoms with E-state index >= 15 is 0 Å². The summed E-state index contributed by atoms with van der Waals surface area (Å²) in [5.74, 6) is 0.0642. The van der Waals surface area contributed by atoms with Crippen LogP contribution in [0, 0.1) is 6.92 Å². The molecular weight excluding hydrogens is 230 g/mol. The average molecular weight is 251 g/mol. The predicted molar refractivity (Wildman–Crippen MR) is 73.3 cm³/mol. The standard InChI is InChI=1S/C13H21N3O2/c1-9-5-6-11(10(7-9)12(14)15-18)16(4)13(2,3)8-17/h5-7,17-18H,8H2,1-4H3,(H2,14,15). The fourth-order valence-corrected chi connectivity index (χ4v) is 1.63. The van der Waals surface area contributed by atoms with Crippen LogP contribution in [0.15, 0.2) is 23.4 Å². The molecule has 0 aromatic heterocycles. The van der Waals surface area contributed by atoms with Gasteiger partial charge in [0.15, 0.2) is 5.84 Å². The molecule has 100 valence electrons. The number of aliphatic hydroxyl groups excluding tert-OH is 1. The van der Waals surface area contributed by atoms with E-state index in [1.165, 1.54) is 0 Å². The van der Waals surface area contributed by atoms with Gasteiger partial charge in [0.25, 0.3) is 0 Å². The van der Waals surface area contributed by atoms with Gasteiger partial charge in [0.1, 0.15) is 0 Å². The van der Waals surface area contributed by atoms with Crippen molar-refractivity contribution in [3.63, 3.8) is 0 Å². The van der Waals surface area contributed by atoms with E-state index in [0.717, 1.165) is 11.3 Å². The Kier molecular flexibility index (Phi) is 4.19. The van der Waals surface area contributed by atoms with E-state index in [9.17, 15) is 5.11 Å². The van der Waals surface area contributed by atoms with Crippen LogP contribution < -0.4 is 10.6 Å². The fraction of sp³-hybridized carbons (Fsp3) is 0.462. The van der Waals surface area contributed by atoms with Crippen molar-refractivity contribution in [3.8, 4) is 0 Å². The van der Waals surface area contributed by atoms with Crippen LogP contribution in [0.1, 0.15) is 25.0 Å². The van der Waals surface area contributed by atoms with Crippen molar-refractivity contribution in [2.45, 2.75) is 26.3 Å². The fourth-order valence-electron chi connectivity index (χ4n) is 1.63. The quantitative estimate of drug-likeness (QED) is 0.326. The van der Waals surface area contributed by atoms with Crippen LogP contribution in [0.4, 0.5) is 5.69 Å². The molecule has 0 aliphatic carbocycles. The number of aliphatic hydroxyl groups is 1. The van der Waals surface area contributed by atoms with Crippen LogP contribution in [-0.4, -0.2) is 35.3 Å². The minimum absolute atomic E-state index is 0.00693. The van der Waals surface area contributed by atoms with Crippen LogP contribution >= 0.6 is 0 Å². The number of rotatable bonds is 4. The number of hydrogen-bond acceptors (Lipinski definition) is 4. The lowest BCUT2D eigenvalue weighted by atomic mass is 10.0. The average Bonchev–Trinajstić information content (AvgIpc) is 2.36. The van der Waals surface area contributed by atoms with Crippen molar-refractivity contribution in [1.29, 1.82) is 0 Å². The van der Waals surface area contributed by atoms with Crippen molar-refractivity contribution in [1.82, 2.24) is 0 Å². The van der Waals surface area contributed by atoms with Crippen molar-refractivity contribution < 1.29 is 10.3 Å². The first-order chi connectivity index (χ1) is 8.33. The third-order valence-electron chi connectivity index (χ3n) is 3.19. The molecule has 0 spiro atoms. The lowest BCUT2D eigenvalue weighted by Gasteiger charge is -2.37. The molecule has 5 nitrogen and oxygen atoms in total. The second-order valence-electron chi connectivity index (χ2n) is 5.04. The van der Waals surface area contributed by atoms with E-state index in [1.807, 2.05) is 50.9 Å². The zero-order valence-electron chi connectivity index (χ0n) is 11.3. The minimum atomic E-state index is -0.431. The zero-order valence-corrected chi connectivity index (χ0v) is 11.3. The molecule has 1 aromatic carbocycles. The number of likely N-dealkylation sites (N-methyl/N-ethyl adjacent to an activating group) is 1. The number of oxime groups is 1. The molecule has 0 fully saturated rings. The summed E-state index contributed by atoms with van der Waals surface area (Å²) in [5, 5.41) is 21.3. The molecule has 0 heterocycles. The molecule has 0 amide bonds. The lowest BCUT2D eigenvalue weighted by molar-refractivity contribution is 0.216. The number of nitrogens with zero attached hydrogens (tertiary/aromatic N) is 2. The number of amidine groups is 1. The predicted octanol–water partition coefficient (Wildman–Crippen LogP) is 1.30. The van der Waals surface area contributed by atoms with E-state index < -0.39 is 5.54 Å². The van der Waals surface area contributed by atoms with E-state index in [-0.39, 0.29) is 12.4 Å². The van der Waals surface area contributed by atoms with Gasteiger partial charge in [-0.25, -0.2) is 0 Å². The molecule has 18 heavy (non-hydrogen) atoms. The van der Waals surface area contributed by atoms with Crippen molar-refractivity contribution in [2.75, 3.05) is 18.6 Å². The Morgan fingerprint density at radius 2 is 2.06 bits per heavy atom. The summed E-state index contributed by atoms with van der Waals surface area (Å²) in [6, 6.07) is 5.71. The Hall–Kier alpha value is -1.75. The third-order valence-corrected chi connectivity index (χ3v) is 3.19. The molecule has 0 bridgehead atoms. The molecule has 0 radical (unpaired) electrons. The normalized spacial score (nSPS) is 12.6. The molecular formula is C13H21N3O2. The van der Waals surface area contributed by atoms with Crippen molar-refractivity contribution in [2.24, 2.45) is 10.9 Å². The second kappa shape index (κ2) is 5.27. The maximum Gasteiger partial charge on any atom is 0.172 e. The Morgan fingerprint density at radius 3 is 2.56 bits per heavy atom. The number of aryl methyl sites for hydroxylation is 1. The molecule has 0 saturated carbocycles. The summed E-state index contributed by atoms with van der Waals surface area (Å²) < 4.78 is 0. The molecule has 0 saturated heterocycles. The highest BCUT2D eigenvalue weighted by atomic mass is 16.4. The third kappa shape index (κ3) is 2.73. The van der Waals surface area contributed by atoms with Gasteiger partial charge >= 0.3 is 0 Å². The van der Waals surface area contributed by atoms with Gasteiger partial charge in [-0.2, -0.15) is 0 Å². The summed E-state index contributed by atoms with van der Waals surface area (Å²) in [4.78, 5) is 1.92. The minimum Gasteiger partial charge on any atom is -0.409 e. The molecule has 5 heteroatoms. The summed E-state index contributed by atoms with van der Waals surface area (Å²) in [7, 11) is 1.87. The second-order valence-corrected chi connectivity index (χ2v) is 5.04. The van der Waals surface area contributed by atoms with Gasteiger partial charge in [0, 0.05) is 18.3 Å². The SMILES string of the molecule is Cc1ccc(N(C)C(C)(C)CO)c(/C(N)=N/O)c1. The van der Waals surface area contributed by atoms with Crippen molar-refractivity contribution >= 4 is 11.5 Å². The number of anilines is 1. The Bertz CT molecular complexity index is 456. The Labute approximate surface area is 108 Å². The first-order valence-corrected chi connectivity index (χ1v) is 5.76. The van der Waals surface area contributed by atoms with Crippen molar-refractivity contribution in [3.05, 3.63) is 29.3 Å². The smallest absolute Gasteiger partial charge is 0.172 e. The van der Waals surface area contributed by atoms with Gasteiger partial charge in [-0.05, 0) is 32.9 Å². The molecule has 1 aromatic rings. The zero-order chi connectivity index (χ0) is 13.9. The van der Waals surface area contributed by atoms with Crippen LogP contribution in [0.3, 0.4) is 0 Å². The van der Waals surface area contributed by atoms with Crippen LogP contribution in [0.2, 0.25) is 0 Å². The summed E-state index contributed by atoms with van der Waals surface area (Å²) in [6.07, 6.45) is 0. The molecule has 1 rings (SSSR count). The highest BCUT2D eigenvalue weighted by Crippen LogP contribution is 2.26. The van der Waals surface area contributed by atoms with Gasteiger partial charge in [-0.1, -0.05) is 16.8 Å². The molecule has 0 aliphatic heterocycles. The van der Waals surface area contributed by atoms with Crippen LogP contribution in [0.5, 0.6) is 0 Å². The first-order valence-electron chi connectivity index (χ1n) is 5.76. The number of nitrogens with two attached hydrogens (primary N) is 1. The van der Waals surface area contributed by atoms with Gasteiger partial charge < -0.3 is 20.9 Å². The maximum atomic E-state index is 9.41. The number of benzene rings is 1. The lowest BCUT2D eigenvalue weighted by Crippen LogP contribution is -2.45. The molecule has 0 aliphatic rings. The van der Waals surface area contributed by atoms with Gasteiger partial charge in [0.2, 0.25) is 0 Å². The van der Waals surface area contributed by atoms with Gasteiger partial charge in [-0.3, -0.25) is 0 Å². The van der Waals surface area contributed by atoms with Crippen LogP contribution in [-0.2, 0) is 0 Å². The van der Waals surface area contributed by atoms with E-state index in [0.29, 0.717) is 5.56 Å². The Balaban J connectivity index is 3.32. The monoisotopic (exact) mass is 251 g/mol. The molecule has 0 atom stereocenters. The maximum absolute atomic E-state index is 9.41. The van der Waals surface area contributed by atoms with E-state index in [4.69, 9.17) is 10.9 Å². The largest absolute Gasteiger partial charge is 0.409 e. The topological polar surface area (TPSA) is 82.1 Å². The van der Waals surface area contributed by atoms with E-state index in [1.54, 1.807) is 0 Å². The van der Waals surface area contributed by atoms with Gasteiger partial charge in [-0.15, -0.1) is 0 Å². The van der Waals surface area contributed by atoms with E-state index in [2.05, 4.69) is 5.16 Å². The van der Waals surface area contributed by atoms with Gasteiger partial charge in [0.05, 0.1) is 12.1 Å². The summed E-state index contributed by atoms with van der Waals surface area (Å²) in [6.45, 7) is 5.79. The molecule has 0 unspecified atom stereocenters. The highest BCUT2D eigenvalue weighted by Gasteiger charge is 2.25. The first kappa shape index (κ1) is 14.3. The summed E-state index contributed by atoms with van der Waals surface area (Å²) >= 11 is 0. The van der Waals surface area contributed by atoms with Crippen LogP contribution in [0.25, 0.3) is 0 Å². The summed E-state index contributed by atoms with van der Waals surface area (Å²) in [5.41, 5.74) is 7.76. The number of hydrogen-bond donors (Lipinski definition) is 3. The highest BCUT2D eigenvalue weighted by molar-refractivity contribution is 6.02.